The van der Waals surface area contributed by atoms with Crippen molar-refractivity contribution < 1.29 is 33.8 Å². The average molecular weight is 546 g/mol. The van der Waals surface area contributed by atoms with Gasteiger partial charge in [0.2, 0.25) is 17.7 Å². The molecule has 1 aliphatic carbocycles. The van der Waals surface area contributed by atoms with Crippen LogP contribution in [0, 0.1) is 5.92 Å². The Labute approximate surface area is 230 Å². The molecule has 10 heteroatoms. The summed E-state index contributed by atoms with van der Waals surface area (Å²) in [5.74, 6) is -0.654. The summed E-state index contributed by atoms with van der Waals surface area (Å²) in [5, 5.41) is 18.1. The van der Waals surface area contributed by atoms with E-state index in [2.05, 4.69) is 16.0 Å². The fraction of sp³-hybridized carbons (Fsp3) is 0.655. The zero-order chi connectivity index (χ0) is 28.8. The Morgan fingerprint density at radius 2 is 1.64 bits per heavy atom. The minimum atomic E-state index is -1.22. The number of methoxy groups -OCH3 is 1. The maximum absolute atomic E-state index is 13.6. The molecule has 0 unspecified atom stereocenters. The third-order valence-electron chi connectivity index (χ3n) is 7.37. The largest absolute Gasteiger partial charge is 0.497 e. The van der Waals surface area contributed by atoms with Gasteiger partial charge in [0.1, 0.15) is 23.4 Å². The van der Waals surface area contributed by atoms with Gasteiger partial charge >= 0.3 is 0 Å². The highest BCUT2D eigenvalue weighted by Crippen LogP contribution is 2.33. The highest BCUT2D eigenvalue weighted by Gasteiger charge is 2.50. The first-order valence-corrected chi connectivity index (χ1v) is 13.7. The summed E-state index contributed by atoms with van der Waals surface area (Å²) in [5.41, 5.74) is -1.32. The molecule has 0 radical (unpaired) electrons. The van der Waals surface area contributed by atoms with Crippen molar-refractivity contribution in [2.75, 3.05) is 13.7 Å². The fourth-order valence-electron chi connectivity index (χ4n) is 4.96. The Bertz CT molecular complexity index is 1020. The molecule has 216 valence electrons. The Morgan fingerprint density at radius 1 is 1.05 bits per heavy atom. The molecule has 1 aromatic rings. The fourth-order valence-corrected chi connectivity index (χ4v) is 4.96. The predicted molar refractivity (Wildman–Crippen MR) is 145 cm³/mol. The Kier molecular flexibility index (Phi) is 10.1. The Morgan fingerprint density at radius 3 is 2.18 bits per heavy atom. The van der Waals surface area contributed by atoms with Gasteiger partial charge in [-0.25, -0.2) is 0 Å². The second-order valence-electron chi connectivity index (χ2n) is 11.7. The van der Waals surface area contributed by atoms with Crippen LogP contribution in [0.15, 0.2) is 24.3 Å². The second-order valence-corrected chi connectivity index (χ2v) is 11.7. The number of ketones is 1. The summed E-state index contributed by atoms with van der Waals surface area (Å²) in [7, 11) is 1.56. The Balaban J connectivity index is 1.75. The maximum Gasteiger partial charge on any atom is 0.243 e. The van der Waals surface area contributed by atoms with Crippen LogP contribution in [0.4, 0.5) is 0 Å². The van der Waals surface area contributed by atoms with E-state index in [1.165, 1.54) is 20.8 Å². The first-order valence-electron chi connectivity index (χ1n) is 13.7. The zero-order valence-electron chi connectivity index (χ0n) is 23.7. The van der Waals surface area contributed by atoms with Crippen LogP contribution in [0.3, 0.4) is 0 Å². The molecule has 4 N–H and O–H groups in total. The van der Waals surface area contributed by atoms with Gasteiger partial charge in [0.25, 0.3) is 0 Å². The first-order chi connectivity index (χ1) is 18.3. The second kappa shape index (κ2) is 12.9. The summed E-state index contributed by atoms with van der Waals surface area (Å²) in [6.07, 6.45) is 4.80. The molecule has 1 saturated heterocycles. The van der Waals surface area contributed by atoms with Crippen molar-refractivity contribution >= 4 is 23.5 Å². The molecule has 3 rings (SSSR count). The molecule has 10 nitrogen and oxygen atoms in total. The number of nitrogens with one attached hydrogen (secondary N) is 3. The van der Waals surface area contributed by atoms with Gasteiger partial charge in [0.05, 0.1) is 31.8 Å². The molecule has 1 saturated carbocycles. The van der Waals surface area contributed by atoms with Gasteiger partial charge in [0.15, 0.2) is 5.78 Å². The lowest BCUT2D eigenvalue weighted by molar-refractivity contribution is -0.134. The van der Waals surface area contributed by atoms with Gasteiger partial charge in [-0.1, -0.05) is 37.8 Å². The molecule has 1 aromatic carbocycles. The molecule has 2 fully saturated rings. The number of hydrogen-bond donors (Lipinski definition) is 4. The lowest BCUT2D eigenvalue weighted by atomic mass is 9.90. The van der Waals surface area contributed by atoms with Crippen LogP contribution in [0.2, 0.25) is 0 Å². The van der Waals surface area contributed by atoms with Crippen LogP contribution in [0.25, 0.3) is 0 Å². The molecule has 1 aliphatic heterocycles. The molecule has 0 aromatic heterocycles. The number of carbonyl (C=O) groups is 4. The van der Waals surface area contributed by atoms with Gasteiger partial charge in [-0.3, -0.25) is 19.2 Å². The highest BCUT2D eigenvalue weighted by molar-refractivity contribution is 5.98. The smallest absolute Gasteiger partial charge is 0.243 e. The van der Waals surface area contributed by atoms with Crippen LogP contribution < -0.4 is 20.7 Å². The van der Waals surface area contributed by atoms with E-state index in [0.717, 1.165) is 31.2 Å². The number of carbonyl (C=O) groups excluding carboxylic acids is 4. The van der Waals surface area contributed by atoms with Crippen LogP contribution in [-0.2, 0) is 30.3 Å². The monoisotopic (exact) mass is 545 g/mol. The van der Waals surface area contributed by atoms with E-state index in [0.29, 0.717) is 24.7 Å². The quantitative estimate of drug-likeness (QED) is 0.261. The van der Waals surface area contributed by atoms with Crippen LogP contribution in [0.1, 0.15) is 71.8 Å². The first kappa shape index (κ1) is 30.6. The van der Waals surface area contributed by atoms with Crippen molar-refractivity contribution in [3.63, 3.8) is 0 Å². The SMILES string of the molecule is COc1ccc(C[C@H](NC(=O)[C@@H](C)NC(=O)CC(C)(C)O)C(=O)N[C@@H](CC2CCCC2)C(=O)[C@]2(C)CO2)cc1. The summed E-state index contributed by atoms with van der Waals surface area (Å²) in [6.45, 7) is 6.58. The Hall–Kier alpha value is -2.98. The molecule has 2 aliphatic rings. The number of amides is 3. The molecule has 39 heavy (non-hydrogen) atoms. The van der Waals surface area contributed by atoms with Gasteiger partial charge in [-0.15, -0.1) is 0 Å². The average Bonchev–Trinajstić information content (AvgIpc) is 3.40. The van der Waals surface area contributed by atoms with Gasteiger partial charge in [-0.2, -0.15) is 0 Å². The summed E-state index contributed by atoms with van der Waals surface area (Å²) < 4.78 is 10.6. The molecule has 1 heterocycles. The minimum Gasteiger partial charge on any atom is -0.497 e. The van der Waals surface area contributed by atoms with E-state index in [-0.39, 0.29) is 18.6 Å². The van der Waals surface area contributed by atoms with Crippen molar-refractivity contribution in [3.8, 4) is 5.75 Å². The van der Waals surface area contributed by atoms with E-state index >= 15 is 0 Å². The van der Waals surface area contributed by atoms with E-state index in [9.17, 15) is 24.3 Å². The third kappa shape index (κ3) is 9.32. The maximum atomic E-state index is 13.6. The van der Waals surface area contributed by atoms with Gasteiger partial charge in [-0.05, 0) is 57.7 Å². The van der Waals surface area contributed by atoms with Crippen LogP contribution in [-0.4, -0.2) is 71.7 Å². The van der Waals surface area contributed by atoms with Gasteiger partial charge in [0, 0.05) is 6.42 Å². The summed E-state index contributed by atoms with van der Waals surface area (Å²) >= 11 is 0. The van der Waals surface area contributed by atoms with Crippen molar-refractivity contribution in [2.24, 2.45) is 5.92 Å². The number of hydrogen-bond acceptors (Lipinski definition) is 7. The topological polar surface area (TPSA) is 146 Å². The van der Waals surface area contributed by atoms with Crippen LogP contribution in [0.5, 0.6) is 5.75 Å². The minimum absolute atomic E-state index is 0.149. The molecular formula is C29H43N3O7. The standard InChI is InChI=1S/C29H43N3O7/c1-18(30-24(33)16-28(2,3)37)26(35)32-23(15-20-10-12-21(38-5)13-11-20)27(36)31-22(14-19-8-6-7-9-19)25(34)29(4)17-39-29/h10-13,18-19,22-23,37H,6-9,14-17H2,1-5H3,(H,30,33)(H,31,36)(H,32,35)/t18-,22+,23+,29+/m1/s1. The molecule has 0 bridgehead atoms. The van der Waals surface area contributed by atoms with E-state index in [1.54, 1.807) is 38.3 Å². The van der Waals surface area contributed by atoms with Crippen molar-refractivity contribution in [1.29, 1.82) is 0 Å². The number of aliphatic hydroxyl groups is 1. The third-order valence-corrected chi connectivity index (χ3v) is 7.37. The molecular weight excluding hydrogens is 502 g/mol. The molecule has 3 amide bonds. The normalized spacial score (nSPS) is 21.4. The van der Waals surface area contributed by atoms with Crippen molar-refractivity contribution in [2.45, 2.75) is 102 Å². The van der Waals surface area contributed by atoms with Crippen molar-refractivity contribution in [3.05, 3.63) is 29.8 Å². The number of benzene rings is 1. The lowest BCUT2D eigenvalue weighted by Gasteiger charge is -2.27. The summed E-state index contributed by atoms with van der Waals surface area (Å²) in [4.78, 5) is 52.1. The number of rotatable bonds is 14. The van der Waals surface area contributed by atoms with Crippen molar-refractivity contribution in [1.82, 2.24) is 16.0 Å². The predicted octanol–water partition coefficient (Wildman–Crippen LogP) is 1.81. The highest BCUT2D eigenvalue weighted by atomic mass is 16.6. The van der Waals surface area contributed by atoms with Crippen LogP contribution >= 0.6 is 0 Å². The number of epoxide rings is 1. The van der Waals surface area contributed by atoms with E-state index in [4.69, 9.17) is 9.47 Å². The molecule has 0 spiro atoms. The number of Topliss-reactive ketones (excluding diaryl/α,β-unsaturated/α-hetero) is 1. The van der Waals surface area contributed by atoms with E-state index in [1.807, 2.05) is 0 Å². The number of ether oxygens (including phenoxy) is 2. The van der Waals surface area contributed by atoms with E-state index < -0.39 is 47.0 Å². The lowest BCUT2D eigenvalue weighted by Crippen LogP contribution is -2.57. The zero-order valence-corrected chi connectivity index (χ0v) is 23.7. The summed E-state index contributed by atoms with van der Waals surface area (Å²) in [6, 6.07) is 4.49. The van der Waals surface area contributed by atoms with Gasteiger partial charge < -0.3 is 30.5 Å². The molecule has 4 atom stereocenters.